The molecule has 0 amide bonds. The van der Waals surface area contributed by atoms with E-state index < -0.39 is 0 Å². The Morgan fingerprint density at radius 2 is 2.28 bits per heavy atom. The molecule has 96 valence electrons. The zero-order valence-corrected chi connectivity index (χ0v) is 10.3. The van der Waals surface area contributed by atoms with E-state index in [1.807, 2.05) is 13.8 Å². The van der Waals surface area contributed by atoms with E-state index in [4.69, 9.17) is 10.5 Å². The van der Waals surface area contributed by atoms with E-state index in [-0.39, 0.29) is 6.10 Å². The molecule has 0 aromatic carbocycles. The highest BCUT2D eigenvalue weighted by Gasteiger charge is 2.07. The van der Waals surface area contributed by atoms with E-state index in [1.165, 1.54) is 6.39 Å². The number of nitrogens with two attached hydrogens (primary N) is 1. The topological polar surface area (TPSA) is 99.1 Å². The third-order valence-corrected chi connectivity index (χ3v) is 2.07. The number of hydrogen-bond acceptors (Lipinski definition) is 7. The van der Waals surface area contributed by atoms with Gasteiger partial charge >= 0.3 is 0 Å². The zero-order valence-electron chi connectivity index (χ0n) is 10.3. The van der Waals surface area contributed by atoms with Crippen molar-refractivity contribution in [1.82, 2.24) is 15.1 Å². The summed E-state index contributed by atoms with van der Waals surface area (Å²) < 4.78 is 10.1. The van der Waals surface area contributed by atoms with Crippen LogP contribution in [0.15, 0.2) is 23.0 Å². The molecule has 3 N–H and O–H groups in total. The molecule has 2 aromatic heterocycles. The van der Waals surface area contributed by atoms with E-state index in [2.05, 4.69) is 25.0 Å². The van der Waals surface area contributed by atoms with E-state index in [1.54, 1.807) is 12.1 Å². The molecular formula is C11H15N5O2. The maximum absolute atomic E-state index is 5.77. The number of nitrogens with one attached hydrogen (secondary N) is 1. The molecule has 0 unspecified atom stereocenters. The summed E-state index contributed by atoms with van der Waals surface area (Å²) in [6.07, 6.45) is 1.30. The average molecular weight is 249 g/mol. The van der Waals surface area contributed by atoms with Gasteiger partial charge in [-0.2, -0.15) is 9.97 Å². The minimum Gasteiger partial charge on any atom is -0.473 e. The molecule has 0 atom stereocenters. The lowest BCUT2D eigenvalue weighted by Crippen LogP contribution is -2.10. The number of hydrogen-bond donors (Lipinski definition) is 2. The van der Waals surface area contributed by atoms with Crippen molar-refractivity contribution in [3.8, 4) is 5.88 Å². The Balaban J connectivity index is 2.04. The van der Waals surface area contributed by atoms with Gasteiger partial charge in [0.15, 0.2) is 5.82 Å². The third kappa shape index (κ3) is 3.09. The molecule has 2 rings (SSSR count). The van der Waals surface area contributed by atoms with Gasteiger partial charge in [-0.05, 0) is 26.0 Å². The molecule has 2 aromatic rings. The van der Waals surface area contributed by atoms with Gasteiger partial charge in [0.1, 0.15) is 5.82 Å². The fraction of sp³-hybridized carbons (Fsp3) is 0.364. The van der Waals surface area contributed by atoms with Crippen LogP contribution in [0.3, 0.4) is 0 Å². The zero-order chi connectivity index (χ0) is 13.0. The van der Waals surface area contributed by atoms with Crippen LogP contribution >= 0.6 is 0 Å². The summed E-state index contributed by atoms with van der Waals surface area (Å²) >= 11 is 0. The first kappa shape index (κ1) is 12.2. The summed E-state index contributed by atoms with van der Waals surface area (Å²) in [5, 5.41) is 6.74. The standard InChI is InChI=1S/C11H15N5O2/c1-7(2)18-11-8(12)3-4-9(15-11)13-5-10-14-6-17-16-10/h3-4,6-7H,5,12H2,1-2H3,(H,13,15). The van der Waals surface area contributed by atoms with Crippen LogP contribution in [-0.2, 0) is 6.54 Å². The van der Waals surface area contributed by atoms with Crippen molar-refractivity contribution in [2.75, 3.05) is 11.1 Å². The van der Waals surface area contributed by atoms with Crippen LogP contribution in [0, 0.1) is 0 Å². The molecule has 0 bridgehead atoms. The van der Waals surface area contributed by atoms with Gasteiger partial charge in [-0.15, -0.1) is 0 Å². The molecule has 2 heterocycles. The molecule has 18 heavy (non-hydrogen) atoms. The molecule has 0 aliphatic carbocycles. The summed E-state index contributed by atoms with van der Waals surface area (Å²) in [6, 6.07) is 3.51. The van der Waals surface area contributed by atoms with Crippen molar-refractivity contribution in [1.29, 1.82) is 0 Å². The van der Waals surface area contributed by atoms with Crippen LogP contribution < -0.4 is 15.8 Å². The van der Waals surface area contributed by atoms with E-state index >= 15 is 0 Å². The van der Waals surface area contributed by atoms with Crippen LogP contribution in [0.5, 0.6) is 5.88 Å². The van der Waals surface area contributed by atoms with Gasteiger partial charge in [-0.3, -0.25) is 0 Å². The van der Waals surface area contributed by atoms with Crippen LogP contribution in [0.4, 0.5) is 11.5 Å². The molecule has 0 aliphatic heterocycles. The third-order valence-electron chi connectivity index (χ3n) is 2.07. The molecule has 0 saturated carbocycles. The quantitative estimate of drug-likeness (QED) is 0.827. The number of nitrogens with zero attached hydrogens (tertiary/aromatic N) is 3. The average Bonchev–Trinajstić information content (AvgIpc) is 2.82. The van der Waals surface area contributed by atoms with Crippen molar-refractivity contribution in [2.24, 2.45) is 0 Å². The number of anilines is 2. The predicted octanol–water partition coefficient (Wildman–Crippen LogP) is 1.45. The summed E-state index contributed by atoms with van der Waals surface area (Å²) in [5.74, 6) is 1.62. The van der Waals surface area contributed by atoms with Gasteiger partial charge in [-0.1, -0.05) is 5.16 Å². The van der Waals surface area contributed by atoms with Crippen LogP contribution in [0.2, 0.25) is 0 Å². The Kier molecular flexibility index (Phi) is 3.61. The number of rotatable bonds is 5. The van der Waals surface area contributed by atoms with Gasteiger partial charge in [0.25, 0.3) is 0 Å². The Hall–Kier alpha value is -2.31. The summed E-state index contributed by atoms with van der Waals surface area (Å²) in [4.78, 5) is 8.16. The molecule has 0 aliphatic rings. The van der Waals surface area contributed by atoms with Crippen molar-refractivity contribution >= 4 is 11.5 Å². The first-order valence-electron chi connectivity index (χ1n) is 5.57. The van der Waals surface area contributed by atoms with E-state index in [0.29, 0.717) is 29.8 Å². The fourth-order valence-electron chi connectivity index (χ4n) is 1.31. The molecule has 0 saturated heterocycles. The molecule has 7 nitrogen and oxygen atoms in total. The largest absolute Gasteiger partial charge is 0.473 e. The van der Waals surface area contributed by atoms with Gasteiger partial charge in [-0.25, -0.2) is 0 Å². The second kappa shape index (κ2) is 5.35. The van der Waals surface area contributed by atoms with Crippen molar-refractivity contribution in [3.05, 3.63) is 24.4 Å². The highest BCUT2D eigenvalue weighted by atomic mass is 16.5. The minimum atomic E-state index is 0.0206. The number of pyridine rings is 1. The Labute approximate surface area is 104 Å². The van der Waals surface area contributed by atoms with Crippen LogP contribution in [0.25, 0.3) is 0 Å². The molecule has 0 spiro atoms. The molecule has 0 fully saturated rings. The first-order chi connectivity index (χ1) is 8.65. The number of ether oxygens (including phenoxy) is 1. The lowest BCUT2D eigenvalue weighted by molar-refractivity contribution is 0.234. The SMILES string of the molecule is CC(C)Oc1nc(NCc2ncon2)ccc1N. The van der Waals surface area contributed by atoms with Gasteiger partial charge in [0.2, 0.25) is 12.3 Å². The van der Waals surface area contributed by atoms with Crippen LogP contribution in [-0.4, -0.2) is 21.2 Å². The normalized spacial score (nSPS) is 10.6. The molecule has 0 radical (unpaired) electrons. The smallest absolute Gasteiger partial charge is 0.239 e. The monoisotopic (exact) mass is 249 g/mol. The lowest BCUT2D eigenvalue weighted by Gasteiger charge is -2.12. The maximum Gasteiger partial charge on any atom is 0.239 e. The summed E-state index contributed by atoms with van der Waals surface area (Å²) in [5.41, 5.74) is 6.28. The summed E-state index contributed by atoms with van der Waals surface area (Å²) in [7, 11) is 0. The van der Waals surface area contributed by atoms with Crippen molar-refractivity contribution < 1.29 is 9.26 Å². The number of nitrogen functional groups attached to an aromatic ring is 1. The highest BCUT2D eigenvalue weighted by Crippen LogP contribution is 2.22. The van der Waals surface area contributed by atoms with Gasteiger partial charge in [0, 0.05) is 0 Å². The van der Waals surface area contributed by atoms with E-state index in [0.717, 1.165) is 0 Å². The summed E-state index contributed by atoms with van der Waals surface area (Å²) in [6.45, 7) is 4.26. The lowest BCUT2D eigenvalue weighted by atomic mass is 10.4. The Morgan fingerprint density at radius 1 is 1.44 bits per heavy atom. The highest BCUT2D eigenvalue weighted by molar-refractivity contribution is 5.53. The minimum absolute atomic E-state index is 0.0206. The van der Waals surface area contributed by atoms with E-state index in [9.17, 15) is 0 Å². The Bertz CT molecular complexity index is 498. The second-order valence-corrected chi connectivity index (χ2v) is 3.96. The predicted molar refractivity (Wildman–Crippen MR) is 66.0 cm³/mol. The van der Waals surface area contributed by atoms with Crippen molar-refractivity contribution in [2.45, 2.75) is 26.5 Å². The maximum atomic E-state index is 5.77. The second-order valence-electron chi connectivity index (χ2n) is 3.96. The molecular weight excluding hydrogens is 234 g/mol. The van der Waals surface area contributed by atoms with Gasteiger partial charge < -0.3 is 20.3 Å². The molecule has 7 heteroatoms. The van der Waals surface area contributed by atoms with Gasteiger partial charge in [0.05, 0.1) is 18.3 Å². The van der Waals surface area contributed by atoms with Crippen LogP contribution in [0.1, 0.15) is 19.7 Å². The fourth-order valence-corrected chi connectivity index (χ4v) is 1.31. The first-order valence-corrected chi connectivity index (χ1v) is 5.57. The Morgan fingerprint density at radius 3 is 2.94 bits per heavy atom. The van der Waals surface area contributed by atoms with Crippen molar-refractivity contribution in [3.63, 3.8) is 0 Å². The number of aromatic nitrogens is 3.